The third kappa shape index (κ3) is 4.21. The lowest BCUT2D eigenvalue weighted by atomic mass is 10.1. The Bertz CT molecular complexity index is 1560. The van der Waals surface area contributed by atoms with E-state index in [2.05, 4.69) is 20.8 Å². The fourth-order valence-electron chi connectivity index (χ4n) is 3.43. The monoisotopic (exact) mass is 454 g/mol. The molecule has 0 bridgehead atoms. The molecule has 33 heavy (non-hydrogen) atoms. The van der Waals surface area contributed by atoms with Gasteiger partial charge in [-0.2, -0.15) is 0 Å². The van der Waals surface area contributed by atoms with Crippen LogP contribution in [0, 0.1) is 0 Å². The van der Waals surface area contributed by atoms with Crippen molar-refractivity contribution in [2.24, 2.45) is 5.10 Å². The maximum absolute atomic E-state index is 12.6. The second kappa shape index (κ2) is 9.01. The van der Waals surface area contributed by atoms with Crippen LogP contribution in [0.25, 0.3) is 27.8 Å². The van der Waals surface area contributed by atoms with Gasteiger partial charge in [0.15, 0.2) is 0 Å². The lowest BCUT2D eigenvalue weighted by Gasteiger charge is -2.09. The molecule has 0 fully saturated rings. The van der Waals surface area contributed by atoms with Gasteiger partial charge in [-0.25, -0.2) is 10.1 Å². The molecule has 0 aliphatic heterocycles. The largest absolute Gasteiger partial charge is 0.284 e. The van der Waals surface area contributed by atoms with E-state index >= 15 is 0 Å². The summed E-state index contributed by atoms with van der Waals surface area (Å²) in [5, 5.41) is 14.6. The standard InChI is InChI=1S/C24H18N6O2S/c31-22(15-29-23(32)19-13-7-8-14-20(19)25-28-29)26-27-24-30(18-11-5-2-6-12-18)21(16-33-24)17-9-3-1-4-10-17/h1-14,16H,15H2,(H,26,31)/b27-24+. The Labute approximate surface area is 192 Å². The highest BCUT2D eigenvalue weighted by molar-refractivity contribution is 7.07. The first-order valence-corrected chi connectivity index (χ1v) is 11.1. The number of rotatable bonds is 5. The van der Waals surface area contributed by atoms with Crippen LogP contribution in [-0.4, -0.2) is 25.5 Å². The number of nitrogens with zero attached hydrogens (tertiary/aromatic N) is 5. The van der Waals surface area contributed by atoms with Gasteiger partial charge < -0.3 is 0 Å². The maximum Gasteiger partial charge on any atom is 0.278 e. The molecule has 0 atom stereocenters. The number of thiazole rings is 1. The topological polar surface area (TPSA) is 94.2 Å². The molecule has 0 unspecified atom stereocenters. The van der Waals surface area contributed by atoms with Gasteiger partial charge in [-0.05, 0) is 29.8 Å². The smallest absolute Gasteiger partial charge is 0.278 e. The van der Waals surface area contributed by atoms with E-state index in [9.17, 15) is 9.59 Å². The molecule has 5 rings (SSSR count). The number of fused-ring (bicyclic) bond motifs is 1. The third-order valence-corrected chi connectivity index (χ3v) is 5.82. The Morgan fingerprint density at radius 2 is 1.64 bits per heavy atom. The van der Waals surface area contributed by atoms with E-state index < -0.39 is 5.91 Å². The number of nitrogens with one attached hydrogen (secondary N) is 1. The Kier molecular flexibility index (Phi) is 5.61. The van der Waals surface area contributed by atoms with E-state index in [1.54, 1.807) is 24.3 Å². The van der Waals surface area contributed by atoms with Gasteiger partial charge in [0.05, 0.1) is 11.1 Å². The van der Waals surface area contributed by atoms with Crippen molar-refractivity contribution >= 4 is 28.1 Å². The zero-order valence-electron chi connectivity index (χ0n) is 17.3. The summed E-state index contributed by atoms with van der Waals surface area (Å²) in [5.74, 6) is -0.476. The molecule has 0 saturated heterocycles. The summed E-state index contributed by atoms with van der Waals surface area (Å²) >= 11 is 1.40. The van der Waals surface area contributed by atoms with Gasteiger partial charge in [-0.1, -0.05) is 65.9 Å². The van der Waals surface area contributed by atoms with E-state index in [0.717, 1.165) is 21.6 Å². The van der Waals surface area contributed by atoms with Crippen LogP contribution in [0.2, 0.25) is 0 Å². The van der Waals surface area contributed by atoms with Crippen LogP contribution >= 0.6 is 11.3 Å². The van der Waals surface area contributed by atoms with Crippen molar-refractivity contribution in [1.82, 2.24) is 25.0 Å². The summed E-state index contributed by atoms with van der Waals surface area (Å²) in [7, 11) is 0. The Morgan fingerprint density at radius 3 is 2.42 bits per heavy atom. The number of carbonyl (C=O) groups excluding carboxylic acids is 1. The summed E-state index contributed by atoms with van der Waals surface area (Å²) in [4.78, 5) is 25.7. The van der Waals surface area contributed by atoms with E-state index in [-0.39, 0.29) is 12.1 Å². The highest BCUT2D eigenvalue weighted by Crippen LogP contribution is 2.23. The van der Waals surface area contributed by atoms with E-state index in [1.807, 2.05) is 70.6 Å². The van der Waals surface area contributed by atoms with Crippen LogP contribution in [0.15, 0.2) is 100 Å². The van der Waals surface area contributed by atoms with Gasteiger partial charge in [-0.15, -0.1) is 21.5 Å². The van der Waals surface area contributed by atoms with Crippen molar-refractivity contribution < 1.29 is 4.79 Å². The zero-order valence-corrected chi connectivity index (χ0v) is 18.1. The molecule has 5 aromatic rings. The number of hydrogen-bond donors (Lipinski definition) is 1. The number of para-hydroxylation sites is 1. The van der Waals surface area contributed by atoms with Crippen LogP contribution < -0.4 is 15.8 Å². The van der Waals surface area contributed by atoms with Gasteiger partial charge in [0.2, 0.25) is 4.80 Å². The van der Waals surface area contributed by atoms with Gasteiger partial charge in [0.1, 0.15) is 12.1 Å². The highest BCUT2D eigenvalue weighted by atomic mass is 32.1. The average Bonchev–Trinajstić information content (AvgIpc) is 3.30. The lowest BCUT2D eigenvalue weighted by molar-refractivity contribution is -0.122. The molecule has 0 aliphatic rings. The first kappa shape index (κ1) is 20.5. The normalized spacial score (nSPS) is 11.6. The fourth-order valence-corrected chi connectivity index (χ4v) is 4.30. The first-order valence-electron chi connectivity index (χ1n) is 10.2. The summed E-state index contributed by atoms with van der Waals surface area (Å²) in [6.45, 7) is -0.289. The number of amides is 1. The van der Waals surface area contributed by atoms with Gasteiger partial charge in [-0.3, -0.25) is 14.2 Å². The van der Waals surface area contributed by atoms with Crippen LogP contribution in [0.3, 0.4) is 0 Å². The molecule has 2 heterocycles. The maximum atomic E-state index is 12.6. The van der Waals surface area contributed by atoms with Gasteiger partial charge in [0.25, 0.3) is 11.5 Å². The Balaban J connectivity index is 1.46. The predicted molar refractivity (Wildman–Crippen MR) is 127 cm³/mol. The van der Waals surface area contributed by atoms with E-state index in [0.29, 0.717) is 15.7 Å². The van der Waals surface area contributed by atoms with Crippen molar-refractivity contribution in [3.8, 4) is 16.9 Å². The van der Waals surface area contributed by atoms with Crippen molar-refractivity contribution in [3.63, 3.8) is 0 Å². The van der Waals surface area contributed by atoms with Crippen molar-refractivity contribution in [1.29, 1.82) is 0 Å². The molecule has 2 aromatic heterocycles. The fraction of sp³-hybridized carbons (Fsp3) is 0.0417. The Morgan fingerprint density at radius 1 is 0.939 bits per heavy atom. The minimum atomic E-state index is -0.476. The lowest BCUT2D eigenvalue weighted by Crippen LogP contribution is -2.33. The first-order chi connectivity index (χ1) is 16.2. The molecule has 9 heteroatoms. The molecular weight excluding hydrogens is 436 g/mol. The third-order valence-electron chi connectivity index (χ3n) is 4.99. The van der Waals surface area contributed by atoms with Crippen LogP contribution in [-0.2, 0) is 11.3 Å². The minimum absolute atomic E-state index is 0.289. The molecule has 0 aliphatic carbocycles. The highest BCUT2D eigenvalue weighted by Gasteiger charge is 2.12. The van der Waals surface area contributed by atoms with E-state index in [4.69, 9.17) is 0 Å². The molecule has 3 aromatic carbocycles. The minimum Gasteiger partial charge on any atom is -0.284 e. The molecule has 0 saturated carbocycles. The molecular formula is C24H18N6O2S. The molecule has 0 radical (unpaired) electrons. The van der Waals surface area contributed by atoms with Crippen molar-refractivity contribution in [2.75, 3.05) is 0 Å². The van der Waals surface area contributed by atoms with Crippen LogP contribution in [0.5, 0.6) is 0 Å². The van der Waals surface area contributed by atoms with Crippen molar-refractivity contribution in [2.45, 2.75) is 6.54 Å². The number of benzene rings is 3. The molecule has 0 spiro atoms. The summed E-state index contributed by atoms with van der Waals surface area (Å²) in [6.07, 6.45) is 0. The van der Waals surface area contributed by atoms with E-state index in [1.165, 1.54) is 11.3 Å². The summed E-state index contributed by atoms with van der Waals surface area (Å²) in [5.41, 5.74) is 5.56. The predicted octanol–water partition coefficient (Wildman–Crippen LogP) is 2.94. The summed E-state index contributed by atoms with van der Waals surface area (Å²) in [6, 6.07) is 26.6. The van der Waals surface area contributed by atoms with Gasteiger partial charge in [0, 0.05) is 11.1 Å². The SMILES string of the molecule is O=C(Cn1nnc2ccccc2c1=O)N/N=c1/scc(-c2ccccc2)n1-c1ccccc1. The molecule has 162 valence electrons. The Hall–Kier alpha value is -4.37. The van der Waals surface area contributed by atoms with Crippen LogP contribution in [0.1, 0.15) is 0 Å². The van der Waals surface area contributed by atoms with Gasteiger partial charge >= 0.3 is 0 Å². The second-order valence-electron chi connectivity index (χ2n) is 7.16. The molecule has 1 amide bonds. The summed E-state index contributed by atoms with van der Waals surface area (Å²) < 4.78 is 3.00. The molecule has 1 N–H and O–H groups in total. The second-order valence-corrected chi connectivity index (χ2v) is 7.99. The number of carbonyl (C=O) groups is 1. The quantitative estimate of drug-likeness (QED) is 0.413. The molecule has 8 nitrogen and oxygen atoms in total. The zero-order chi connectivity index (χ0) is 22.6. The number of hydrogen-bond acceptors (Lipinski definition) is 6. The number of aromatic nitrogens is 4. The van der Waals surface area contributed by atoms with Crippen LogP contribution in [0.4, 0.5) is 0 Å². The average molecular weight is 455 g/mol. The van der Waals surface area contributed by atoms with Crippen molar-refractivity contribution in [3.05, 3.63) is 105 Å².